The summed E-state index contributed by atoms with van der Waals surface area (Å²) in [6.45, 7) is 15.6. The Labute approximate surface area is 257 Å². The zero-order chi connectivity index (χ0) is 31.7. The molecule has 0 spiro atoms. The van der Waals surface area contributed by atoms with Crippen LogP contribution in [0.1, 0.15) is 80.0 Å². The van der Waals surface area contributed by atoms with Crippen LogP contribution in [-0.2, 0) is 20.7 Å². The first-order valence-corrected chi connectivity index (χ1v) is 15.1. The SMILES string of the molecule is CCCCN(C(=O)C(Cc1ccccc1)NC(=O)OC(C)(C)C)C(C(=O)Nc1c(C)cccc1C)c1c(C)cccc1C. The van der Waals surface area contributed by atoms with Gasteiger partial charge in [0.25, 0.3) is 5.91 Å². The molecule has 3 amide bonds. The molecule has 2 atom stereocenters. The van der Waals surface area contributed by atoms with Crippen molar-refractivity contribution in [3.8, 4) is 0 Å². The Balaban J connectivity index is 2.13. The first kappa shape index (κ1) is 33.4. The van der Waals surface area contributed by atoms with Gasteiger partial charge >= 0.3 is 6.09 Å². The van der Waals surface area contributed by atoms with Crippen LogP contribution in [0.2, 0.25) is 0 Å². The van der Waals surface area contributed by atoms with Gasteiger partial charge in [-0.05, 0) is 88.3 Å². The zero-order valence-electron chi connectivity index (χ0n) is 26.9. The number of hydrogen-bond donors (Lipinski definition) is 2. The average Bonchev–Trinajstić information content (AvgIpc) is 2.93. The molecule has 0 bridgehead atoms. The van der Waals surface area contributed by atoms with Gasteiger partial charge in [0, 0.05) is 18.7 Å². The van der Waals surface area contributed by atoms with Crippen LogP contribution in [0.3, 0.4) is 0 Å². The summed E-state index contributed by atoms with van der Waals surface area (Å²) >= 11 is 0. The minimum atomic E-state index is -0.950. The van der Waals surface area contributed by atoms with Crippen LogP contribution < -0.4 is 10.6 Å². The van der Waals surface area contributed by atoms with Gasteiger partial charge in [0.1, 0.15) is 17.7 Å². The Morgan fingerprint density at radius 2 is 1.37 bits per heavy atom. The summed E-state index contributed by atoms with van der Waals surface area (Å²) < 4.78 is 5.55. The van der Waals surface area contributed by atoms with Crippen molar-refractivity contribution in [1.29, 1.82) is 0 Å². The van der Waals surface area contributed by atoms with Crippen molar-refractivity contribution in [2.75, 3.05) is 11.9 Å². The lowest BCUT2D eigenvalue weighted by atomic mass is 9.92. The minimum absolute atomic E-state index is 0.250. The molecule has 0 aliphatic rings. The fraction of sp³-hybridized carbons (Fsp3) is 0.417. The third kappa shape index (κ3) is 9.18. The van der Waals surface area contributed by atoms with E-state index < -0.39 is 23.8 Å². The van der Waals surface area contributed by atoms with Crippen molar-refractivity contribution in [1.82, 2.24) is 10.2 Å². The minimum Gasteiger partial charge on any atom is -0.444 e. The summed E-state index contributed by atoms with van der Waals surface area (Å²) in [5.74, 6) is -0.637. The Kier molecular flexibility index (Phi) is 11.5. The number of carbonyl (C=O) groups is 3. The van der Waals surface area contributed by atoms with Gasteiger partial charge in [-0.15, -0.1) is 0 Å². The number of para-hydroxylation sites is 1. The van der Waals surface area contributed by atoms with E-state index in [-0.39, 0.29) is 18.2 Å². The lowest BCUT2D eigenvalue weighted by Crippen LogP contribution is -2.53. The molecule has 0 saturated carbocycles. The number of carbonyl (C=O) groups excluding carboxylic acids is 3. The normalized spacial score (nSPS) is 12.7. The number of hydrogen-bond acceptors (Lipinski definition) is 4. The molecule has 3 rings (SSSR count). The molecule has 0 aliphatic heterocycles. The largest absolute Gasteiger partial charge is 0.444 e. The zero-order valence-corrected chi connectivity index (χ0v) is 26.9. The number of alkyl carbamates (subject to hydrolysis) is 1. The summed E-state index contributed by atoms with van der Waals surface area (Å²) in [5, 5.41) is 6.00. The van der Waals surface area contributed by atoms with E-state index in [1.54, 1.807) is 25.7 Å². The van der Waals surface area contributed by atoms with Crippen molar-refractivity contribution in [3.63, 3.8) is 0 Å². The van der Waals surface area contributed by atoms with Gasteiger partial charge in [-0.1, -0.05) is 80.1 Å². The molecule has 0 aromatic heterocycles. The van der Waals surface area contributed by atoms with Gasteiger partial charge in [-0.2, -0.15) is 0 Å². The highest BCUT2D eigenvalue weighted by molar-refractivity contribution is 6.00. The van der Waals surface area contributed by atoms with Gasteiger partial charge in [0.2, 0.25) is 5.91 Å². The topological polar surface area (TPSA) is 87.7 Å². The van der Waals surface area contributed by atoms with Crippen molar-refractivity contribution < 1.29 is 19.1 Å². The number of benzene rings is 3. The molecule has 230 valence electrons. The number of rotatable bonds is 11. The van der Waals surface area contributed by atoms with E-state index in [2.05, 4.69) is 10.6 Å². The summed E-state index contributed by atoms with van der Waals surface area (Å²) in [6, 6.07) is 19.4. The first-order chi connectivity index (χ1) is 20.3. The summed E-state index contributed by atoms with van der Waals surface area (Å²) in [7, 11) is 0. The molecule has 7 nitrogen and oxygen atoms in total. The van der Waals surface area contributed by atoms with Gasteiger partial charge < -0.3 is 20.3 Å². The third-order valence-electron chi connectivity index (χ3n) is 7.41. The molecule has 2 unspecified atom stereocenters. The monoisotopic (exact) mass is 585 g/mol. The van der Waals surface area contributed by atoms with E-state index in [1.807, 2.05) is 101 Å². The van der Waals surface area contributed by atoms with E-state index in [9.17, 15) is 14.4 Å². The third-order valence-corrected chi connectivity index (χ3v) is 7.41. The van der Waals surface area contributed by atoms with Crippen LogP contribution in [0.5, 0.6) is 0 Å². The molecule has 43 heavy (non-hydrogen) atoms. The van der Waals surface area contributed by atoms with E-state index in [0.717, 1.165) is 45.5 Å². The van der Waals surface area contributed by atoms with E-state index in [4.69, 9.17) is 4.74 Å². The predicted octanol–water partition coefficient (Wildman–Crippen LogP) is 7.36. The average molecular weight is 586 g/mol. The molecular formula is C36H47N3O4. The van der Waals surface area contributed by atoms with Crippen LogP contribution in [0.4, 0.5) is 10.5 Å². The molecule has 0 aliphatic carbocycles. The number of anilines is 1. The summed E-state index contributed by atoms with van der Waals surface area (Å²) in [6.07, 6.45) is 1.08. The van der Waals surface area contributed by atoms with Crippen LogP contribution in [0.25, 0.3) is 0 Å². The van der Waals surface area contributed by atoms with Crippen molar-refractivity contribution in [2.24, 2.45) is 0 Å². The summed E-state index contributed by atoms with van der Waals surface area (Å²) in [4.78, 5) is 43.7. The number of aryl methyl sites for hydroxylation is 4. The molecular weight excluding hydrogens is 538 g/mol. The molecule has 3 aromatic carbocycles. The molecule has 0 fully saturated rings. The van der Waals surface area contributed by atoms with Crippen molar-refractivity contribution in [3.05, 3.63) is 100 Å². The first-order valence-electron chi connectivity index (χ1n) is 15.1. The Bertz CT molecular complexity index is 1370. The highest BCUT2D eigenvalue weighted by Gasteiger charge is 2.37. The van der Waals surface area contributed by atoms with E-state index in [1.165, 1.54) is 0 Å². The molecule has 0 heterocycles. The number of unbranched alkanes of at least 4 members (excludes halogenated alkanes) is 1. The molecule has 7 heteroatoms. The fourth-order valence-electron chi connectivity index (χ4n) is 5.29. The molecule has 0 saturated heterocycles. The second-order valence-corrected chi connectivity index (χ2v) is 12.2. The Hall–Kier alpha value is -4.13. The van der Waals surface area contributed by atoms with Crippen LogP contribution in [0.15, 0.2) is 66.7 Å². The highest BCUT2D eigenvalue weighted by atomic mass is 16.6. The smallest absolute Gasteiger partial charge is 0.408 e. The highest BCUT2D eigenvalue weighted by Crippen LogP contribution is 2.31. The molecule has 2 N–H and O–H groups in total. The maximum Gasteiger partial charge on any atom is 0.408 e. The van der Waals surface area contributed by atoms with Crippen molar-refractivity contribution >= 4 is 23.6 Å². The maximum absolute atomic E-state index is 14.7. The van der Waals surface area contributed by atoms with Crippen molar-refractivity contribution in [2.45, 2.75) is 92.3 Å². The molecule has 3 aromatic rings. The van der Waals surface area contributed by atoms with Gasteiger partial charge in [-0.25, -0.2) is 4.79 Å². The standard InChI is InChI=1S/C36H47N3O4/c1-9-10-22-39(34(41)29(23-28-20-12-11-13-21-28)37-35(42)43-36(6,7)8)32(30-24(2)16-14-17-25(30)3)33(40)38-31-26(4)18-15-19-27(31)5/h11-21,29,32H,9-10,22-23H2,1-8H3,(H,37,42)(H,38,40). The van der Waals surface area contributed by atoms with Crippen LogP contribution >= 0.6 is 0 Å². The second-order valence-electron chi connectivity index (χ2n) is 12.2. The Morgan fingerprint density at radius 1 is 0.814 bits per heavy atom. The van der Waals surface area contributed by atoms with Crippen LogP contribution in [-0.4, -0.2) is 41.0 Å². The number of nitrogens with zero attached hydrogens (tertiary/aromatic N) is 1. The number of ether oxygens (including phenoxy) is 1. The molecule has 0 radical (unpaired) electrons. The van der Waals surface area contributed by atoms with Gasteiger partial charge in [0.15, 0.2) is 0 Å². The summed E-state index contributed by atoms with van der Waals surface area (Å²) in [5.41, 5.74) is 5.37. The van der Waals surface area contributed by atoms with Gasteiger partial charge in [0.05, 0.1) is 0 Å². The maximum atomic E-state index is 14.7. The fourth-order valence-corrected chi connectivity index (χ4v) is 5.29. The Morgan fingerprint density at radius 3 is 1.91 bits per heavy atom. The quantitative estimate of drug-likeness (QED) is 0.246. The lowest BCUT2D eigenvalue weighted by Gasteiger charge is -2.36. The number of amides is 3. The van der Waals surface area contributed by atoms with Gasteiger partial charge in [-0.3, -0.25) is 9.59 Å². The van der Waals surface area contributed by atoms with Crippen LogP contribution in [0, 0.1) is 27.7 Å². The lowest BCUT2D eigenvalue weighted by molar-refractivity contribution is -0.140. The number of nitrogens with one attached hydrogen (secondary N) is 2. The second kappa shape index (κ2) is 14.9. The van der Waals surface area contributed by atoms with E-state index in [0.29, 0.717) is 13.0 Å². The van der Waals surface area contributed by atoms with E-state index >= 15 is 0 Å². The predicted molar refractivity (Wildman–Crippen MR) is 173 cm³/mol.